The molecule has 0 aliphatic heterocycles. The van der Waals surface area contributed by atoms with Gasteiger partial charge in [0.15, 0.2) is 0 Å². The maximum atomic E-state index is 2.36. The van der Waals surface area contributed by atoms with Gasteiger partial charge in [-0.1, -0.05) is 0 Å². The molecule has 0 bridgehead atoms. The average molecular weight is 401 g/mol. The summed E-state index contributed by atoms with van der Waals surface area (Å²) in [5.41, 5.74) is 0. The molecule has 0 N–H and O–H groups in total. The van der Waals surface area contributed by atoms with Crippen LogP contribution in [0.25, 0.3) is 0 Å². The maximum absolute atomic E-state index is 2.36. The topological polar surface area (TPSA) is 0 Å². The van der Waals surface area contributed by atoms with Crippen LogP contribution in [0.2, 0.25) is 0 Å². The van der Waals surface area contributed by atoms with Crippen LogP contribution in [-0.4, -0.2) is 24.6 Å². The van der Waals surface area contributed by atoms with E-state index in [0.29, 0.717) is 0 Å². The Kier molecular flexibility index (Phi) is 21.5. The average Bonchev–Trinajstić information content (AvgIpc) is 2.68. The zero-order valence-electron chi connectivity index (χ0n) is 20.1. The van der Waals surface area contributed by atoms with Crippen LogP contribution in [-0.2, 0) is 0 Å². The van der Waals surface area contributed by atoms with Gasteiger partial charge in [0, 0.05) is 0 Å². The Morgan fingerprint density at radius 3 is 0.815 bits per heavy atom. The normalized spacial score (nSPS) is 12.6. The van der Waals surface area contributed by atoms with Crippen molar-refractivity contribution in [1.29, 1.82) is 0 Å². The standard InChI is InChI=1S/C26H57P/c1-5-9-13-17-18-22-26-27(23-19-14-10-6-2,24-20-15-11-7-3)25-21-16-12-8-4/h27H,5-26H2,1-4H3. The molecule has 0 unspecified atom stereocenters. The zero-order valence-corrected chi connectivity index (χ0v) is 21.1. The molecule has 166 valence electrons. The van der Waals surface area contributed by atoms with E-state index in [1.54, 1.807) is 50.3 Å². The third kappa shape index (κ3) is 17.0. The van der Waals surface area contributed by atoms with Crippen LogP contribution in [0.5, 0.6) is 0 Å². The molecule has 0 fully saturated rings. The molecule has 0 saturated carbocycles. The number of hydrogen-bond acceptors (Lipinski definition) is 0. The molecule has 0 spiro atoms. The third-order valence-corrected chi connectivity index (χ3v) is 12.4. The van der Waals surface area contributed by atoms with Crippen molar-refractivity contribution >= 4 is 7.26 Å². The molecule has 0 aliphatic carbocycles. The molecule has 0 atom stereocenters. The van der Waals surface area contributed by atoms with Gasteiger partial charge in [-0.25, -0.2) is 0 Å². The summed E-state index contributed by atoms with van der Waals surface area (Å²) in [7, 11) is -1.01. The fraction of sp³-hybridized carbons (Fsp3) is 1.00. The molecule has 0 rings (SSSR count). The molecule has 0 saturated heterocycles. The van der Waals surface area contributed by atoms with E-state index in [-0.39, 0.29) is 0 Å². The van der Waals surface area contributed by atoms with Gasteiger partial charge in [-0.15, -0.1) is 0 Å². The van der Waals surface area contributed by atoms with Gasteiger partial charge in [-0.3, -0.25) is 0 Å². The summed E-state index contributed by atoms with van der Waals surface area (Å²) in [6.07, 6.45) is 33.3. The molecule has 0 aromatic carbocycles. The minimum atomic E-state index is -1.01. The summed E-state index contributed by atoms with van der Waals surface area (Å²) in [5, 5.41) is 0. The second-order valence-electron chi connectivity index (χ2n) is 9.45. The first-order valence-corrected chi connectivity index (χ1v) is 16.1. The summed E-state index contributed by atoms with van der Waals surface area (Å²) in [5.74, 6) is 0. The molecular weight excluding hydrogens is 343 g/mol. The summed E-state index contributed by atoms with van der Waals surface area (Å²) >= 11 is 0. The van der Waals surface area contributed by atoms with E-state index in [1.807, 2.05) is 0 Å². The monoisotopic (exact) mass is 400 g/mol. The fourth-order valence-electron chi connectivity index (χ4n) is 4.81. The predicted octanol–water partition coefficient (Wildman–Crippen LogP) is 9.84. The third-order valence-electron chi connectivity index (χ3n) is 6.74. The van der Waals surface area contributed by atoms with Gasteiger partial charge in [0.1, 0.15) is 0 Å². The quantitative estimate of drug-likeness (QED) is 0.125. The van der Waals surface area contributed by atoms with Crippen molar-refractivity contribution in [3.05, 3.63) is 0 Å². The van der Waals surface area contributed by atoms with Crippen LogP contribution in [0.4, 0.5) is 0 Å². The van der Waals surface area contributed by atoms with Crippen molar-refractivity contribution in [2.45, 2.75) is 143 Å². The van der Waals surface area contributed by atoms with Crippen LogP contribution >= 0.6 is 7.26 Å². The van der Waals surface area contributed by atoms with Gasteiger partial charge in [-0.2, -0.15) is 0 Å². The van der Waals surface area contributed by atoms with Crippen LogP contribution in [0.3, 0.4) is 0 Å². The first-order valence-electron chi connectivity index (χ1n) is 13.2. The fourth-order valence-corrected chi connectivity index (χ4v) is 10.3. The summed E-state index contributed by atoms with van der Waals surface area (Å²) < 4.78 is 0. The van der Waals surface area contributed by atoms with Gasteiger partial charge >= 0.3 is 175 Å². The minimum absolute atomic E-state index is 1.01. The predicted molar refractivity (Wildman–Crippen MR) is 134 cm³/mol. The van der Waals surface area contributed by atoms with E-state index in [0.717, 1.165) is 0 Å². The molecule has 0 aromatic heterocycles. The first-order chi connectivity index (χ1) is 13.2. The molecule has 0 aromatic rings. The zero-order chi connectivity index (χ0) is 20.1. The van der Waals surface area contributed by atoms with Crippen molar-refractivity contribution in [3.63, 3.8) is 0 Å². The van der Waals surface area contributed by atoms with Crippen molar-refractivity contribution in [1.82, 2.24) is 0 Å². The number of rotatable bonds is 22. The molecule has 0 amide bonds. The molecular formula is C26H57P. The summed E-state index contributed by atoms with van der Waals surface area (Å²) in [6, 6.07) is 0. The number of hydrogen-bond donors (Lipinski definition) is 0. The Hall–Kier alpha value is 0.430. The van der Waals surface area contributed by atoms with Crippen molar-refractivity contribution in [2.24, 2.45) is 0 Å². The first kappa shape index (κ1) is 27.4. The van der Waals surface area contributed by atoms with Gasteiger partial charge in [0.05, 0.1) is 0 Å². The molecule has 0 nitrogen and oxygen atoms in total. The molecule has 0 heterocycles. The SMILES string of the molecule is CCCCCCCC[PH](CCCCCC)(CCCCCC)CCCCCC. The van der Waals surface area contributed by atoms with Crippen molar-refractivity contribution in [3.8, 4) is 0 Å². The van der Waals surface area contributed by atoms with Crippen LogP contribution < -0.4 is 0 Å². The number of unbranched alkanes of at least 4 members (excludes halogenated alkanes) is 14. The van der Waals surface area contributed by atoms with E-state index < -0.39 is 7.26 Å². The summed E-state index contributed by atoms with van der Waals surface area (Å²) in [4.78, 5) is 0. The Bertz CT molecular complexity index is 242. The Balaban J connectivity index is 4.61. The van der Waals surface area contributed by atoms with Gasteiger partial charge < -0.3 is 0 Å². The van der Waals surface area contributed by atoms with Gasteiger partial charge in [0.25, 0.3) is 0 Å². The van der Waals surface area contributed by atoms with Crippen molar-refractivity contribution < 1.29 is 0 Å². The second kappa shape index (κ2) is 21.1. The van der Waals surface area contributed by atoms with Crippen LogP contribution in [0, 0.1) is 0 Å². The molecule has 27 heavy (non-hydrogen) atoms. The Labute approximate surface area is 175 Å². The van der Waals surface area contributed by atoms with Crippen LogP contribution in [0.15, 0.2) is 0 Å². The Morgan fingerprint density at radius 2 is 0.519 bits per heavy atom. The molecule has 0 aliphatic rings. The van der Waals surface area contributed by atoms with E-state index in [9.17, 15) is 0 Å². The molecule has 1 heteroatoms. The molecule has 0 radical (unpaired) electrons. The second-order valence-corrected chi connectivity index (χ2v) is 14.4. The van der Waals surface area contributed by atoms with E-state index >= 15 is 0 Å². The van der Waals surface area contributed by atoms with Gasteiger partial charge in [-0.05, 0) is 0 Å². The van der Waals surface area contributed by atoms with Gasteiger partial charge in [0.2, 0.25) is 0 Å². The van der Waals surface area contributed by atoms with E-state index in [2.05, 4.69) is 27.7 Å². The van der Waals surface area contributed by atoms with Crippen LogP contribution in [0.1, 0.15) is 143 Å². The Morgan fingerprint density at radius 1 is 0.296 bits per heavy atom. The summed E-state index contributed by atoms with van der Waals surface area (Å²) in [6.45, 7) is 9.41. The van der Waals surface area contributed by atoms with E-state index in [1.165, 1.54) is 89.9 Å². The van der Waals surface area contributed by atoms with E-state index in [4.69, 9.17) is 0 Å². The van der Waals surface area contributed by atoms with Crippen molar-refractivity contribution in [2.75, 3.05) is 24.6 Å².